The van der Waals surface area contributed by atoms with E-state index in [9.17, 15) is 25.5 Å². The number of nitrogens with zero attached hydrogens (tertiary/aromatic N) is 3. The first-order chi connectivity index (χ1) is 16.9. The summed E-state index contributed by atoms with van der Waals surface area (Å²) in [5.41, 5.74) is 4.09. The molecule has 0 saturated carbocycles. The Bertz CT molecular complexity index is 1300. The molecule has 1 saturated heterocycles. The molecule has 2 aromatic heterocycles. The van der Waals surface area contributed by atoms with Crippen molar-refractivity contribution < 1.29 is 35.0 Å². The molecule has 5 atom stereocenters. The highest BCUT2D eigenvalue weighted by atomic mass is 16.7. The number of para-hydroxylation sites is 1. The molecule has 1 aliphatic heterocycles. The summed E-state index contributed by atoms with van der Waals surface area (Å²) < 4.78 is 12.6. The van der Waals surface area contributed by atoms with Gasteiger partial charge in [-0.05, 0) is 34.9 Å². The lowest BCUT2D eigenvalue weighted by Crippen LogP contribution is -2.69. The van der Waals surface area contributed by atoms with E-state index in [2.05, 4.69) is 9.97 Å². The van der Waals surface area contributed by atoms with E-state index in [1.807, 2.05) is 41.0 Å². The van der Waals surface area contributed by atoms with Gasteiger partial charge in [0.2, 0.25) is 6.29 Å². The Kier molecular flexibility index (Phi) is 6.24. The average molecular weight is 479 g/mol. The van der Waals surface area contributed by atoms with E-state index in [0.29, 0.717) is 17.6 Å². The zero-order chi connectivity index (χ0) is 24.6. The fourth-order valence-corrected chi connectivity index (χ4v) is 4.20. The zero-order valence-corrected chi connectivity index (χ0v) is 18.5. The molecule has 4 aromatic rings. The van der Waals surface area contributed by atoms with Gasteiger partial charge in [-0.2, -0.15) is 0 Å². The zero-order valence-electron chi connectivity index (χ0n) is 18.5. The number of aliphatic hydroxyl groups excluding tert-OH is 4. The van der Waals surface area contributed by atoms with E-state index in [1.165, 1.54) is 0 Å². The van der Waals surface area contributed by atoms with Crippen LogP contribution in [0.15, 0.2) is 73.3 Å². The lowest BCUT2D eigenvalue weighted by molar-refractivity contribution is -0.385. The summed E-state index contributed by atoms with van der Waals surface area (Å²) in [5.74, 6) is -2.56. The van der Waals surface area contributed by atoms with E-state index in [4.69, 9.17) is 9.47 Å². The van der Waals surface area contributed by atoms with Crippen molar-refractivity contribution in [2.45, 2.75) is 36.9 Å². The molecule has 1 fully saturated rings. The van der Waals surface area contributed by atoms with Crippen molar-refractivity contribution >= 4 is 11.0 Å². The number of fused-ring (bicyclic) bond motifs is 1. The van der Waals surface area contributed by atoms with Crippen molar-refractivity contribution in [1.82, 2.24) is 14.5 Å². The number of hydrogen-bond acceptors (Lipinski definition) is 9. The summed E-state index contributed by atoms with van der Waals surface area (Å²) in [7, 11) is 0. The molecular formula is C25H25N3O7. The summed E-state index contributed by atoms with van der Waals surface area (Å²) in [6.07, 6.45) is -1.79. The predicted molar refractivity (Wildman–Crippen MR) is 124 cm³/mol. The van der Waals surface area contributed by atoms with Crippen LogP contribution in [0.1, 0.15) is 5.56 Å². The molecule has 2 aromatic carbocycles. The second-order valence-corrected chi connectivity index (χ2v) is 8.43. The maximum Gasteiger partial charge on any atom is 0.288 e. The molecule has 10 heteroatoms. The SMILES string of the molecule is OC[C@H]1O[C@@H](O)[C@@](O)(Oc2cccc3ncn(Cc4ccc(-c5cccnc5)cc4)c23)[C@@H](O)[C@@H]1O. The van der Waals surface area contributed by atoms with Gasteiger partial charge in [-0.1, -0.05) is 36.4 Å². The molecule has 3 heterocycles. The van der Waals surface area contributed by atoms with Crippen LogP contribution in [0.2, 0.25) is 0 Å². The van der Waals surface area contributed by atoms with Crippen LogP contribution in [0.25, 0.3) is 22.2 Å². The summed E-state index contributed by atoms with van der Waals surface area (Å²) in [5, 5.41) is 51.2. The third-order valence-electron chi connectivity index (χ3n) is 6.14. The van der Waals surface area contributed by atoms with Crippen molar-refractivity contribution in [3.63, 3.8) is 0 Å². The number of imidazole rings is 1. The van der Waals surface area contributed by atoms with Gasteiger partial charge in [0, 0.05) is 18.9 Å². The average Bonchev–Trinajstić information content (AvgIpc) is 3.30. The largest absolute Gasteiger partial charge is 0.452 e. The number of ether oxygens (including phenoxy) is 2. The van der Waals surface area contributed by atoms with E-state index in [0.717, 1.165) is 16.7 Å². The summed E-state index contributed by atoms with van der Waals surface area (Å²) in [6.45, 7) is -0.229. The maximum absolute atomic E-state index is 10.9. The lowest BCUT2D eigenvalue weighted by atomic mass is 9.96. The molecule has 1 aliphatic rings. The van der Waals surface area contributed by atoms with Crippen LogP contribution >= 0.6 is 0 Å². The molecule has 5 N–H and O–H groups in total. The molecule has 10 nitrogen and oxygen atoms in total. The lowest BCUT2D eigenvalue weighted by Gasteiger charge is -2.45. The smallest absolute Gasteiger partial charge is 0.288 e. The van der Waals surface area contributed by atoms with Gasteiger partial charge in [0.15, 0.2) is 6.10 Å². The fraction of sp³-hybridized carbons (Fsp3) is 0.280. The van der Waals surface area contributed by atoms with Crippen LogP contribution in [-0.4, -0.2) is 77.1 Å². The van der Waals surface area contributed by atoms with Crippen LogP contribution < -0.4 is 4.74 Å². The highest BCUT2D eigenvalue weighted by Gasteiger charge is 2.57. The standard InChI is InChI=1S/C25H25N3O7/c29-13-20-22(30)23(31)25(33,24(32)34-20)35-19-5-1-4-18-21(19)28(14-27-18)12-15-6-8-16(9-7-15)17-3-2-10-26-11-17/h1-11,14,20,22-24,29-33H,12-13H2/t20-,22-,23+,24-,25+/m1/s1. The van der Waals surface area contributed by atoms with Crippen LogP contribution in [0, 0.1) is 0 Å². The van der Waals surface area contributed by atoms with Gasteiger partial charge in [-0.25, -0.2) is 4.98 Å². The number of aliphatic hydroxyl groups is 5. The Morgan fingerprint density at radius 3 is 2.51 bits per heavy atom. The molecule has 0 bridgehead atoms. The Balaban J connectivity index is 1.43. The first kappa shape index (κ1) is 23.4. The van der Waals surface area contributed by atoms with Gasteiger partial charge < -0.3 is 39.6 Å². The monoisotopic (exact) mass is 479 g/mol. The van der Waals surface area contributed by atoms with Crippen LogP contribution in [0.3, 0.4) is 0 Å². The summed E-state index contributed by atoms with van der Waals surface area (Å²) in [4.78, 5) is 8.54. The minimum Gasteiger partial charge on any atom is -0.452 e. The molecule has 0 radical (unpaired) electrons. The Morgan fingerprint density at radius 2 is 1.80 bits per heavy atom. The first-order valence-electron chi connectivity index (χ1n) is 11.1. The van der Waals surface area contributed by atoms with Crippen molar-refractivity contribution in [2.24, 2.45) is 0 Å². The third-order valence-corrected chi connectivity index (χ3v) is 6.14. The molecular weight excluding hydrogens is 454 g/mol. The summed E-state index contributed by atoms with van der Waals surface area (Å²) in [6, 6.07) is 16.8. The van der Waals surface area contributed by atoms with Gasteiger partial charge in [-0.15, -0.1) is 0 Å². The van der Waals surface area contributed by atoms with Gasteiger partial charge in [0.1, 0.15) is 23.5 Å². The highest BCUT2D eigenvalue weighted by Crippen LogP contribution is 2.35. The summed E-state index contributed by atoms with van der Waals surface area (Å²) >= 11 is 0. The Morgan fingerprint density at radius 1 is 1.00 bits per heavy atom. The second-order valence-electron chi connectivity index (χ2n) is 8.43. The van der Waals surface area contributed by atoms with Crippen LogP contribution in [-0.2, 0) is 11.3 Å². The molecule has 0 spiro atoms. The number of benzene rings is 2. The molecule has 35 heavy (non-hydrogen) atoms. The minimum absolute atomic E-state index is 0.117. The second kappa shape index (κ2) is 9.34. The van der Waals surface area contributed by atoms with E-state index < -0.39 is 37.0 Å². The van der Waals surface area contributed by atoms with Crippen molar-refractivity contribution in [1.29, 1.82) is 0 Å². The minimum atomic E-state index is -2.68. The van der Waals surface area contributed by atoms with Gasteiger partial charge in [-0.3, -0.25) is 4.98 Å². The Labute approximate surface area is 200 Å². The highest BCUT2D eigenvalue weighted by molar-refractivity contribution is 5.82. The molecule has 0 amide bonds. The van der Waals surface area contributed by atoms with E-state index in [1.54, 1.807) is 36.9 Å². The van der Waals surface area contributed by atoms with Crippen molar-refractivity contribution in [2.75, 3.05) is 6.61 Å². The number of hydrogen-bond donors (Lipinski definition) is 5. The van der Waals surface area contributed by atoms with E-state index >= 15 is 0 Å². The van der Waals surface area contributed by atoms with E-state index in [-0.39, 0.29) is 5.75 Å². The van der Waals surface area contributed by atoms with Crippen LogP contribution in [0.5, 0.6) is 5.75 Å². The molecule has 182 valence electrons. The maximum atomic E-state index is 10.9. The van der Waals surface area contributed by atoms with Gasteiger partial charge in [0.25, 0.3) is 5.79 Å². The quantitative estimate of drug-likeness (QED) is 0.251. The number of pyridine rings is 1. The Hall–Kier alpha value is -3.38. The first-order valence-corrected chi connectivity index (χ1v) is 11.1. The van der Waals surface area contributed by atoms with Crippen LogP contribution in [0.4, 0.5) is 0 Å². The molecule has 0 aliphatic carbocycles. The van der Waals surface area contributed by atoms with Gasteiger partial charge in [0.05, 0.1) is 18.5 Å². The van der Waals surface area contributed by atoms with Gasteiger partial charge >= 0.3 is 0 Å². The third kappa shape index (κ3) is 4.27. The van der Waals surface area contributed by atoms with Crippen molar-refractivity contribution in [3.05, 3.63) is 78.9 Å². The topological polar surface area (TPSA) is 150 Å². The normalized spacial score (nSPS) is 26.7. The number of rotatable bonds is 6. The predicted octanol–water partition coefficient (Wildman–Crippen LogP) is 0.645. The van der Waals surface area contributed by atoms with Crippen molar-refractivity contribution in [3.8, 4) is 16.9 Å². The molecule has 5 rings (SSSR count). The fourth-order valence-electron chi connectivity index (χ4n) is 4.20. The molecule has 0 unspecified atom stereocenters. The number of aromatic nitrogens is 3.